The van der Waals surface area contributed by atoms with Gasteiger partial charge in [0, 0.05) is 11.0 Å². The van der Waals surface area contributed by atoms with Crippen molar-refractivity contribution in [2.45, 2.75) is 26.4 Å². The fourth-order valence-corrected chi connectivity index (χ4v) is 2.26. The molecule has 0 radical (unpaired) electrons. The third-order valence-electron chi connectivity index (χ3n) is 2.54. The lowest BCUT2D eigenvalue weighted by atomic mass is 10.0. The van der Waals surface area contributed by atoms with Crippen LogP contribution >= 0.6 is 15.9 Å². The fraction of sp³-hybridized carbons (Fsp3) is 0.462. The third-order valence-corrected chi connectivity index (χ3v) is 3.21. The van der Waals surface area contributed by atoms with Gasteiger partial charge in [-0.05, 0) is 47.3 Å². The second-order valence-corrected chi connectivity index (χ2v) is 5.35. The molecule has 0 aliphatic rings. The average molecular weight is 318 g/mol. The first-order chi connectivity index (χ1) is 8.41. The Morgan fingerprint density at radius 3 is 2.72 bits per heavy atom. The van der Waals surface area contributed by atoms with E-state index in [0.717, 1.165) is 0 Å². The van der Waals surface area contributed by atoms with Crippen LogP contribution in [0.3, 0.4) is 0 Å². The van der Waals surface area contributed by atoms with E-state index in [1.54, 1.807) is 13.0 Å². The molecule has 3 nitrogen and oxygen atoms in total. The van der Waals surface area contributed by atoms with E-state index in [-0.39, 0.29) is 11.5 Å². The number of hydrogen-bond acceptors (Lipinski definition) is 2. The first-order valence-corrected chi connectivity index (χ1v) is 6.61. The lowest BCUT2D eigenvalue weighted by Crippen LogP contribution is -2.30. The summed E-state index contributed by atoms with van der Waals surface area (Å²) in [6.07, 6.45) is 0.190. The van der Waals surface area contributed by atoms with Crippen LogP contribution in [-0.2, 0) is 0 Å². The largest absolute Gasteiger partial charge is 0.393 e. The lowest BCUT2D eigenvalue weighted by molar-refractivity contribution is 0.0934. The number of nitrogens with one attached hydrogen (secondary N) is 1. The van der Waals surface area contributed by atoms with Crippen LogP contribution in [0.1, 0.15) is 30.6 Å². The number of hydrogen-bond donors (Lipinski definition) is 2. The van der Waals surface area contributed by atoms with Crippen molar-refractivity contribution in [2.24, 2.45) is 5.92 Å². The van der Waals surface area contributed by atoms with Gasteiger partial charge in [-0.1, -0.05) is 13.0 Å². The van der Waals surface area contributed by atoms with E-state index >= 15 is 0 Å². The maximum Gasteiger partial charge on any atom is 0.255 e. The second kappa shape index (κ2) is 6.85. The highest BCUT2D eigenvalue weighted by Crippen LogP contribution is 2.19. The fourth-order valence-electron chi connectivity index (χ4n) is 1.74. The molecule has 0 saturated heterocycles. The number of aliphatic hydroxyl groups is 1. The Morgan fingerprint density at radius 1 is 1.50 bits per heavy atom. The summed E-state index contributed by atoms with van der Waals surface area (Å²) in [6, 6.07) is 4.41. The summed E-state index contributed by atoms with van der Waals surface area (Å²) in [7, 11) is 0. The van der Waals surface area contributed by atoms with E-state index in [2.05, 4.69) is 21.2 Å². The minimum absolute atomic E-state index is 0.0155. The standard InChI is InChI=1S/C13H17BrFNO2/c1-8(6-9(2)17)7-16-13(18)12-10(14)4-3-5-11(12)15/h3-5,8-9,17H,6-7H2,1-2H3,(H,16,18). The van der Waals surface area contributed by atoms with Crippen molar-refractivity contribution in [3.8, 4) is 0 Å². The molecule has 0 fully saturated rings. The number of halogens is 2. The summed E-state index contributed by atoms with van der Waals surface area (Å²) in [4.78, 5) is 11.8. The Balaban J connectivity index is 2.61. The van der Waals surface area contributed by atoms with Crippen molar-refractivity contribution in [2.75, 3.05) is 6.54 Å². The molecule has 100 valence electrons. The summed E-state index contributed by atoms with van der Waals surface area (Å²) in [5, 5.41) is 11.9. The highest BCUT2D eigenvalue weighted by atomic mass is 79.9. The van der Waals surface area contributed by atoms with E-state index in [9.17, 15) is 14.3 Å². The van der Waals surface area contributed by atoms with E-state index in [1.807, 2.05) is 6.92 Å². The van der Waals surface area contributed by atoms with E-state index in [0.29, 0.717) is 17.4 Å². The average Bonchev–Trinajstić information content (AvgIpc) is 2.25. The Hall–Kier alpha value is -0.940. The van der Waals surface area contributed by atoms with Gasteiger partial charge in [0.05, 0.1) is 11.7 Å². The molecule has 1 aromatic carbocycles. The minimum atomic E-state index is -0.551. The SMILES string of the molecule is CC(O)CC(C)CNC(=O)c1c(F)cccc1Br. The molecule has 0 heterocycles. The zero-order valence-electron chi connectivity index (χ0n) is 10.4. The minimum Gasteiger partial charge on any atom is -0.393 e. The van der Waals surface area contributed by atoms with Crippen LogP contribution in [0.4, 0.5) is 4.39 Å². The number of benzene rings is 1. The van der Waals surface area contributed by atoms with Gasteiger partial charge >= 0.3 is 0 Å². The molecule has 0 bridgehead atoms. The molecule has 0 aromatic heterocycles. The molecule has 1 amide bonds. The summed E-state index contributed by atoms with van der Waals surface area (Å²) in [6.45, 7) is 4.03. The molecule has 0 aliphatic carbocycles. The van der Waals surface area contributed by atoms with E-state index in [4.69, 9.17) is 0 Å². The predicted octanol–water partition coefficient (Wildman–Crippen LogP) is 2.73. The predicted molar refractivity (Wildman–Crippen MR) is 71.9 cm³/mol. The van der Waals surface area contributed by atoms with Gasteiger partial charge in [0.1, 0.15) is 5.82 Å². The number of rotatable bonds is 5. The van der Waals surface area contributed by atoms with Crippen molar-refractivity contribution in [1.29, 1.82) is 0 Å². The summed E-state index contributed by atoms with van der Waals surface area (Å²) in [5.74, 6) is -0.859. The highest BCUT2D eigenvalue weighted by molar-refractivity contribution is 9.10. The second-order valence-electron chi connectivity index (χ2n) is 4.50. The van der Waals surface area contributed by atoms with Crippen molar-refractivity contribution < 1.29 is 14.3 Å². The van der Waals surface area contributed by atoms with Crippen LogP contribution in [0.15, 0.2) is 22.7 Å². The molecular weight excluding hydrogens is 301 g/mol. The Labute approximate surface area is 115 Å². The molecule has 2 N–H and O–H groups in total. The maximum absolute atomic E-state index is 13.5. The normalized spacial score (nSPS) is 14.1. The van der Waals surface area contributed by atoms with Gasteiger partial charge in [0.25, 0.3) is 5.91 Å². The van der Waals surface area contributed by atoms with Gasteiger partial charge in [0.15, 0.2) is 0 Å². The van der Waals surface area contributed by atoms with Crippen molar-refractivity contribution in [3.05, 3.63) is 34.1 Å². The van der Waals surface area contributed by atoms with Crippen LogP contribution in [0.25, 0.3) is 0 Å². The quantitative estimate of drug-likeness (QED) is 0.877. The van der Waals surface area contributed by atoms with Gasteiger partial charge in [-0.3, -0.25) is 4.79 Å². The van der Waals surface area contributed by atoms with Crippen LogP contribution in [0.2, 0.25) is 0 Å². The van der Waals surface area contributed by atoms with Gasteiger partial charge in [0.2, 0.25) is 0 Å². The van der Waals surface area contributed by atoms with Crippen LogP contribution < -0.4 is 5.32 Å². The molecule has 2 unspecified atom stereocenters. The van der Waals surface area contributed by atoms with Crippen molar-refractivity contribution >= 4 is 21.8 Å². The van der Waals surface area contributed by atoms with Crippen molar-refractivity contribution in [1.82, 2.24) is 5.32 Å². The summed E-state index contributed by atoms with van der Waals surface area (Å²) in [5.41, 5.74) is 0.0155. The number of aliphatic hydroxyl groups excluding tert-OH is 1. The highest BCUT2D eigenvalue weighted by Gasteiger charge is 2.16. The number of carbonyl (C=O) groups excluding carboxylic acids is 1. The molecule has 1 rings (SSSR count). The molecular formula is C13H17BrFNO2. The maximum atomic E-state index is 13.5. The summed E-state index contributed by atoms with van der Waals surface area (Å²) < 4.78 is 13.9. The zero-order chi connectivity index (χ0) is 13.7. The third kappa shape index (κ3) is 4.38. The zero-order valence-corrected chi connectivity index (χ0v) is 12.0. The first-order valence-electron chi connectivity index (χ1n) is 5.82. The molecule has 0 spiro atoms. The molecule has 1 aromatic rings. The van der Waals surface area contributed by atoms with Crippen LogP contribution in [-0.4, -0.2) is 23.7 Å². The molecule has 0 saturated carbocycles. The van der Waals surface area contributed by atoms with Gasteiger partial charge in [-0.15, -0.1) is 0 Å². The first kappa shape index (κ1) is 15.1. The lowest BCUT2D eigenvalue weighted by Gasteiger charge is -2.14. The molecule has 5 heteroatoms. The van der Waals surface area contributed by atoms with E-state index in [1.165, 1.54) is 12.1 Å². The van der Waals surface area contributed by atoms with E-state index < -0.39 is 17.8 Å². The van der Waals surface area contributed by atoms with Crippen LogP contribution in [0, 0.1) is 11.7 Å². The van der Waals surface area contributed by atoms with Crippen LogP contribution in [0.5, 0.6) is 0 Å². The topological polar surface area (TPSA) is 49.3 Å². The van der Waals surface area contributed by atoms with Gasteiger partial charge in [-0.2, -0.15) is 0 Å². The monoisotopic (exact) mass is 317 g/mol. The smallest absolute Gasteiger partial charge is 0.255 e. The Morgan fingerprint density at radius 2 is 2.17 bits per heavy atom. The number of amides is 1. The Bertz CT molecular complexity index is 403. The Kier molecular flexibility index (Phi) is 5.75. The van der Waals surface area contributed by atoms with Gasteiger partial charge in [-0.25, -0.2) is 4.39 Å². The molecule has 18 heavy (non-hydrogen) atoms. The molecule has 0 aliphatic heterocycles. The van der Waals surface area contributed by atoms with Crippen molar-refractivity contribution in [3.63, 3.8) is 0 Å². The summed E-state index contributed by atoms with van der Waals surface area (Å²) >= 11 is 3.15. The number of carbonyl (C=O) groups is 1. The molecule has 2 atom stereocenters. The van der Waals surface area contributed by atoms with Gasteiger partial charge < -0.3 is 10.4 Å².